The minimum absolute atomic E-state index is 0.0387. The number of fused-ring (bicyclic) bond motifs is 1. The first-order valence-electron chi connectivity index (χ1n) is 6.54. The van der Waals surface area contributed by atoms with E-state index in [-0.39, 0.29) is 24.5 Å². The van der Waals surface area contributed by atoms with Gasteiger partial charge in [-0.3, -0.25) is 9.59 Å². The summed E-state index contributed by atoms with van der Waals surface area (Å²) in [6.07, 6.45) is 0. The van der Waals surface area contributed by atoms with Gasteiger partial charge >= 0.3 is 0 Å². The van der Waals surface area contributed by atoms with Crippen LogP contribution in [0, 0.1) is 0 Å². The molecule has 6 heteroatoms. The standard InChI is InChI=1S/C15H14N2O3S/c1-9(16-15(19)13-3-2-6-21-13)10-4-5-12-11(7-10)17-14(18)8-20-12/h2-7,9H,8H2,1H3,(H,16,19)(H,17,18). The minimum Gasteiger partial charge on any atom is -0.482 e. The Labute approximate surface area is 125 Å². The number of amides is 2. The lowest BCUT2D eigenvalue weighted by molar-refractivity contribution is -0.118. The van der Waals surface area contributed by atoms with Crippen LogP contribution < -0.4 is 15.4 Å². The van der Waals surface area contributed by atoms with Gasteiger partial charge in [-0.2, -0.15) is 0 Å². The van der Waals surface area contributed by atoms with Gasteiger partial charge in [0.15, 0.2) is 6.61 Å². The van der Waals surface area contributed by atoms with Gasteiger partial charge < -0.3 is 15.4 Å². The Kier molecular flexibility index (Phi) is 3.62. The minimum atomic E-state index is -0.171. The van der Waals surface area contributed by atoms with E-state index in [0.717, 1.165) is 5.56 Å². The Balaban J connectivity index is 1.76. The Hall–Kier alpha value is -2.34. The summed E-state index contributed by atoms with van der Waals surface area (Å²) in [4.78, 5) is 24.0. The molecule has 1 unspecified atom stereocenters. The number of ether oxygens (including phenoxy) is 1. The normalized spacial score (nSPS) is 14.6. The second-order valence-electron chi connectivity index (χ2n) is 4.76. The van der Waals surface area contributed by atoms with Crippen molar-refractivity contribution in [3.8, 4) is 5.75 Å². The zero-order valence-electron chi connectivity index (χ0n) is 11.4. The quantitative estimate of drug-likeness (QED) is 0.915. The molecule has 1 aliphatic heterocycles. The second kappa shape index (κ2) is 5.57. The van der Waals surface area contributed by atoms with Gasteiger partial charge in [0, 0.05) is 0 Å². The molecule has 0 spiro atoms. The fourth-order valence-electron chi connectivity index (χ4n) is 2.13. The van der Waals surface area contributed by atoms with Gasteiger partial charge in [0.25, 0.3) is 11.8 Å². The molecule has 0 radical (unpaired) electrons. The molecule has 5 nitrogen and oxygen atoms in total. The Morgan fingerprint density at radius 3 is 3.05 bits per heavy atom. The molecule has 1 aromatic heterocycles. The van der Waals surface area contributed by atoms with Gasteiger partial charge in [-0.15, -0.1) is 11.3 Å². The van der Waals surface area contributed by atoms with Crippen molar-refractivity contribution in [2.24, 2.45) is 0 Å². The molecule has 2 heterocycles. The molecule has 2 amide bonds. The van der Waals surface area contributed by atoms with Crippen LogP contribution in [0.25, 0.3) is 0 Å². The van der Waals surface area contributed by atoms with Gasteiger partial charge in [-0.05, 0) is 36.1 Å². The predicted octanol–water partition coefficient (Wildman–Crippen LogP) is 2.57. The highest BCUT2D eigenvalue weighted by Crippen LogP contribution is 2.30. The molecule has 0 saturated carbocycles. The van der Waals surface area contributed by atoms with E-state index in [1.165, 1.54) is 11.3 Å². The molecule has 0 bridgehead atoms. The second-order valence-corrected chi connectivity index (χ2v) is 5.71. The summed E-state index contributed by atoms with van der Waals surface area (Å²) >= 11 is 1.40. The van der Waals surface area contributed by atoms with Crippen LogP contribution >= 0.6 is 11.3 Å². The first-order chi connectivity index (χ1) is 10.1. The van der Waals surface area contributed by atoms with Crippen molar-refractivity contribution >= 4 is 28.8 Å². The molecule has 2 aromatic rings. The number of rotatable bonds is 3. The van der Waals surface area contributed by atoms with Crippen molar-refractivity contribution in [1.29, 1.82) is 0 Å². The van der Waals surface area contributed by atoms with Crippen LogP contribution in [0.2, 0.25) is 0 Å². The monoisotopic (exact) mass is 302 g/mol. The number of carbonyl (C=O) groups excluding carboxylic acids is 2. The van der Waals surface area contributed by atoms with Crippen molar-refractivity contribution in [2.45, 2.75) is 13.0 Å². The SMILES string of the molecule is CC(NC(=O)c1cccs1)c1ccc2c(c1)NC(=O)CO2. The number of hydrogen-bond acceptors (Lipinski definition) is 4. The van der Waals surface area contributed by atoms with Crippen molar-refractivity contribution in [1.82, 2.24) is 5.32 Å². The van der Waals surface area contributed by atoms with Crippen molar-refractivity contribution in [3.05, 3.63) is 46.2 Å². The smallest absolute Gasteiger partial charge is 0.262 e. The average molecular weight is 302 g/mol. The van der Waals surface area contributed by atoms with Crippen molar-refractivity contribution in [3.63, 3.8) is 0 Å². The third-order valence-electron chi connectivity index (χ3n) is 3.23. The van der Waals surface area contributed by atoms with E-state index < -0.39 is 0 Å². The molecular weight excluding hydrogens is 288 g/mol. The molecule has 0 fully saturated rings. The van der Waals surface area contributed by atoms with Crippen LogP contribution in [-0.2, 0) is 4.79 Å². The molecule has 2 N–H and O–H groups in total. The maximum absolute atomic E-state index is 12.0. The number of thiophene rings is 1. The summed E-state index contributed by atoms with van der Waals surface area (Å²) in [5.74, 6) is 0.376. The Morgan fingerprint density at radius 1 is 1.43 bits per heavy atom. The van der Waals surface area contributed by atoms with Crippen molar-refractivity contribution in [2.75, 3.05) is 11.9 Å². The topological polar surface area (TPSA) is 67.4 Å². The highest BCUT2D eigenvalue weighted by atomic mass is 32.1. The molecule has 1 aliphatic rings. The van der Waals surface area contributed by atoms with E-state index in [1.807, 2.05) is 30.5 Å². The number of anilines is 1. The van der Waals surface area contributed by atoms with Crippen LogP contribution in [0.3, 0.4) is 0 Å². The highest BCUT2D eigenvalue weighted by Gasteiger charge is 2.18. The van der Waals surface area contributed by atoms with E-state index in [9.17, 15) is 9.59 Å². The van der Waals surface area contributed by atoms with Gasteiger partial charge in [0.2, 0.25) is 0 Å². The number of carbonyl (C=O) groups is 2. The third kappa shape index (κ3) is 2.90. The van der Waals surface area contributed by atoms with Crippen LogP contribution in [0.4, 0.5) is 5.69 Å². The molecule has 1 aromatic carbocycles. The zero-order valence-corrected chi connectivity index (χ0v) is 12.2. The third-order valence-corrected chi connectivity index (χ3v) is 4.10. The lowest BCUT2D eigenvalue weighted by atomic mass is 10.1. The number of benzene rings is 1. The fourth-order valence-corrected chi connectivity index (χ4v) is 2.76. The van der Waals surface area contributed by atoms with Crippen molar-refractivity contribution < 1.29 is 14.3 Å². The number of hydrogen-bond donors (Lipinski definition) is 2. The predicted molar refractivity (Wildman–Crippen MR) is 80.8 cm³/mol. The van der Waals surface area contributed by atoms with Crippen LogP contribution in [0.15, 0.2) is 35.7 Å². The lowest BCUT2D eigenvalue weighted by Crippen LogP contribution is -2.27. The lowest BCUT2D eigenvalue weighted by Gasteiger charge is -2.20. The van der Waals surface area contributed by atoms with Gasteiger partial charge in [-0.1, -0.05) is 12.1 Å². The summed E-state index contributed by atoms with van der Waals surface area (Å²) in [5, 5.41) is 7.56. The highest BCUT2D eigenvalue weighted by molar-refractivity contribution is 7.12. The molecule has 0 saturated heterocycles. The van der Waals surface area contributed by atoms with E-state index >= 15 is 0 Å². The van der Waals surface area contributed by atoms with Crippen LogP contribution in [0.1, 0.15) is 28.2 Å². The van der Waals surface area contributed by atoms with E-state index in [4.69, 9.17) is 4.74 Å². The summed E-state index contributed by atoms with van der Waals surface area (Å²) in [6.45, 7) is 1.94. The zero-order chi connectivity index (χ0) is 14.8. The molecule has 3 rings (SSSR count). The molecule has 108 valence electrons. The molecule has 1 atom stereocenters. The molecule has 21 heavy (non-hydrogen) atoms. The van der Waals surface area contributed by atoms with Gasteiger partial charge in [0.1, 0.15) is 5.75 Å². The first-order valence-corrected chi connectivity index (χ1v) is 7.42. The van der Waals surface area contributed by atoms with E-state index in [2.05, 4.69) is 10.6 Å². The summed E-state index contributed by atoms with van der Waals surface area (Å²) < 4.78 is 5.31. The van der Waals surface area contributed by atoms with E-state index in [1.54, 1.807) is 12.1 Å². The van der Waals surface area contributed by atoms with Crippen LogP contribution in [-0.4, -0.2) is 18.4 Å². The molecular formula is C15H14N2O3S. The van der Waals surface area contributed by atoms with E-state index in [0.29, 0.717) is 16.3 Å². The summed E-state index contributed by atoms with van der Waals surface area (Å²) in [7, 11) is 0. The van der Waals surface area contributed by atoms with Crippen LogP contribution in [0.5, 0.6) is 5.75 Å². The average Bonchev–Trinajstić information content (AvgIpc) is 3.00. The Morgan fingerprint density at radius 2 is 2.29 bits per heavy atom. The molecule has 0 aliphatic carbocycles. The number of nitrogens with one attached hydrogen (secondary N) is 2. The fraction of sp³-hybridized carbons (Fsp3) is 0.200. The Bertz CT molecular complexity index is 682. The maximum atomic E-state index is 12.0. The van der Waals surface area contributed by atoms with Gasteiger partial charge in [0.05, 0.1) is 16.6 Å². The summed E-state index contributed by atoms with van der Waals surface area (Å²) in [6, 6.07) is 8.98. The van der Waals surface area contributed by atoms with Gasteiger partial charge in [-0.25, -0.2) is 0 Å². The first kappa shape index (κ1) is 13.6. The largest absolute Gasteiger partial charge is 0.482 e. The summed E-state index contributed by atoms with van der Waals surface area (Å²) in [5.41, 5.74) is 1.55. The maximum Gasteiger partial charge on any atom is 0.262 e.